The van der Waals surface area contributed by atoms with Gasteiger partial charge in [0.05, 0.1) is 11.7 Å². The maximum atomic E-state index is 4.39. The third-order valence-electron chi connectivity index (χ3n) is 3.16. The van der Waals surface area contributed by atoms with Crippen LogP contribution < -0.4 is 5.32 Å². The van der Waals surface area contributed by atoms with Crippen LogP contribution in [0.15, 0.2) is 36.5 Å². The summed E-state index contributed by atoms with van der Waals surface area (Å²) in [7, 11) is 0. The van der Waals surface area contributed by atoms with E-state index < -0.39 is 0 Å². The molecule has 3 nitrogen and oxygen atoms in total. The fourth-order valence-electron chi connectivity index (χ4n) is 2.22. The molecule has 1 aromatic heterocycles. The molecule has 19 heavy (non-hydrogen) atoms. The zero-order valence-corrected chi connectivity index (χ0v) is 13.6. The van der Waals surface area contributed by atoms with Crippen LogP contribution in [0.2, 0.25) is 0 Å². The summed E-state index contributed by atoms with van der Waals surface area (Å²) in [6.45, 7) is 6.22. The lowest BCUT2D eigenvalue weighted by Crippen LogP contribution is -2.26. The smallest absolute Gasteiger partial charge is 0.0758 e. The van der Waals surface area contributed by atoms with Crippen LogP contribution in [0.5, 0.6) is 0 Å². The molecule has 0 aliphatic carbocycles. The lowest BCUT2D eigenvalue weighted by atomic mass is 10.0. The Morgan fingerprint density at radius 2 is 2.05 bits per heavy atom. The van der Waals surface area contributed by atoms with E-state index in [1.165, 1.54) is 14.8 Å². The first kappa shape index (κ1) is 14.5. The number of hydrogen-bond acceptors (Lipinski definition) is 2. The quantitative estimate of drug-likeness (QED) is 0.789. The topological polar surface area (TPSA) is 29.9 Å². The van der Waals surface area contributed by atoms with Crippen molar-refractivity contribution >= 4 is 22.6 Å². The molecule has 4 heteroatoms. The molecule has 0 aliphatic rings. The van der Waals surface area contributed by atoms with E-state index in [4.69, 9.17) is 0 Å². The number of aryl methyl sites for hydroxylation is 1. The highest BCUT2D eigenvalue weighted by atomic mass is 127. The largest absolute Gasteiger partial charge is 0.305 e. The van der Waals surface area contributed by atoms with E-state index >= 15 is 0 Å². The summed E-state index contributed by atoms with van der Waals surface area (Å²) in [5.74, 6) is 0. The van der Waals surface area contributed by atoms with Gasteiger partial charge in [-0.2, -0.15) is 5.10 Å². The van der Waals surface area contributed by atoms with Crippen LogP contribution in [0.1, 0.15) is 37.6 Å². The van der Waals surface area contributed by atoms with Gasteiger partial charge in [0, 0.05) is 16.3 Å². The minimum absolute atomic E-state index is 0.218. The highest BCUT2D eigenvalue weighted by Crippen LogP contribution is 2.26. The van der Waals surface area contributed by atoms with Gasteiger partial charge in [0.1, 0.15) is 0 Å². The van der Waals surface area contributed by atoms with Crippen molar-refractivity contribution in [1.29, 1.82) is 0 Å². The molecule has 2 rings (SSSR count). The van der Waals surface area contributed by atoms with Crippen molar-refractivity contribution in [2.45, 2.75) is 32.9 Å². The molecule has 0 fully saturated rings. The summed E-state index contributed by atoms with van der Waals surface area (Å²) in [4.78, 5) is 0. The molecule has 0 amide bonds. The first-order valence-electron chi connectivity index (χ1n) is 6.77. The summed E-state index contributed by atoms with van der Waals surface area (Å²) in [6.07, 6.45) is 3.01. The minimum Gasteiger partial charge on any atom is -0.305 e. The Labute approximate surface area is 128 Å². The van der Waals surface area contributed by atoms with Crippen LogP contribution in [-0.4, -0.2) is 16.3 Å². The molecule has 0 saturated carbocycles. The Kier molecular flexibility index (Phi) is 5.39. The van der Waals surface area contributed by atoms with E-state index in [9.17, 15) is 0 Å². The van der Waals surface area contributed by atoms with Gasteiger partial charge in [-0.3, -0.25) is 4.68 Å². The van der Waals surface area contributed by atoms with Crippen molar-refractivity contribution < 1.29 is 0 Å². The number of rotatable bonds is 6. The number of nitrogens with one attached hydrogen (secondary N) is 1. The molecular formula is C15H20IN3. The Morgan fingerprint density at radius 3 is 2.74 bits per heavy atom. The minimum atomic E-state index is 0.218. The zero-order valence-electron chi connectivity index (χ0n) is 11.4. The second-order valence-electron chi connectivity index (χ2n) is 4.48. The molecule has 102 valence electrons. The highest BCUT2D eigenvalue weighted by molar-refractivity contribution is 14.1. The molecule has 1 aromatic carbocycles. The van der Waals surface area contributed by atoms with E-state index in [0.29, 0.717) is 0 Å². The fraction of sp³-hybridized carbons (Fsp3) is 0.400. The predicted octanol–water partition coefficient (Wildman–Crippen LogP) is 3.60. The summed E-state index contributed by atoms with van der Waals surface area (Å²) in [5, 5.41) is 8.03. The second kappa shape index (κ2) is 7.05. The van der Waals surface area contributed by atoms with Crippen LogP contribution >= 0.6 is 22.6 Å². The summed E-state index contributed by atoms with van der Waals surface area (Å²) in [5.41, 5.74) is 2.56. The lowest BCUT2D eigenvalue weighted by molar-refractivity contribution is 0.528. The van der Waals surface area contributed by atoms with Gasteiger partial charge < -0.3 is 5.32 Å². The van der Waals surface area contributed by atoms with Gasteiger partial charge in [0.15, 0.2) is 0 Å². The third-order valence-corrected chi connectivity index (χ3v) is 4.14. The molecule has 2 aromatic rings. The molecule has 0 spiro atoms. The van der Waals surface area contributed by atoms with Gasteiger partial charge in [0.25, 0.3) is 0 Å². The Balaban J connectivity index is 2.39. The van der Waals surface area contributed by atoms with Crippen LogP contribution in [-0.2, 0) is 6.54 Å². The molecule has 1 unspecified atom stereocenters. The standard InChI is InChI=1S/C15H20IN3/c1-3-10-17-15(12-7-5-6-8-13(12)16)14-9-11-18-19(14)4-2/h5-9,11,15,17H,3-4,10H2,1-2H3. The normalized spacial score (nSPS) is 12.6. The van der Waals surface area contributed by atoms with E-state index in [0.717, 1.165) is 19.5 Å². The van der Waals surface area contributed by atoms with Crippen molar-refractivity contribution in [3.05, 3.63) is 51.4 Å². The van der Waals surface area contributed by atoms with Crippen LogP contribution in [0.4, 0.5) is 0 Å². The number of hydrogen-bond donors (Lipinski definition) is 1. The van der Waals surface area contributed by atoms with Crippen molar-refractivity contribution in [2.75, 3.05) is 6.54 Å². The van der Waals surface area contributed by atoms with Crippen molar-refractivity contribution in [2.24, 2.45) is 0 Å². The second-order valence-corrected chi connectivity index (χ2v) is 5.64. The van der Waals surface area contributed by atoms with Crippen molar-refractivity contribution in [3.63, 3.8) is 0 Å². The fourth-order valence-corrected chi connectivity index (χ4v) is 2.92. The molecule has 0 radical (unpaired) electrons. The SMILES string of the molecule is CCCNC(c1ccccc1I)c1ccnn1CC. The average molecular weight is 369 g/mol. The van der Waals surface area contributed by atoms with E-state index in [2.05, 4.69) is 81.9 Å². The van der Waals surface area contributed by atoms with E-state index in [1.807, 2.05) is 6.20 Å². The van der Waals surface area contributed by atoms with Gasteiger partial charge in [-0.05, 0) is 60.2 Å². The lowest BCUT2D eigenvalue weighted by Gasteiger charge is -2.21. The molecule has 1 N–H and O–H groups in total. The summed E-state index contributed by atoms with van der Waals surface area (Å²) >= 11 is 2.41. The van der Waals surface area contributed by atoms with Gasteiger partial charge in [0.2, 0.25) is 0 Å². The average Bonchev–Trinajstić information content (AvgIpc) is 2.89. The van der Waals surface area contributed by atoms with Gasteiger partial charge in [-0.25, -0.2) is 0 Å². The van der Waals surface area contributed by atoms with E-state index in [1.54, 1.807) is 0 Å². The van der Waals surface area contributed by atoms with Crippen LogP contribution in [0.3, 0.4) is 0 Å². The summed E-state index contributed by atoms with van der Waals surface area (Å²) in [6, 6.07) is 10.9. The third kappa shape index (κ3) is 3.36. The zero-order chi connectivity index (χ0) is 13.7. The number of aromatic nitrogens is 2. The van der Waals surface area contributed by atoms with Crippen LogP contribution in [0, 0.1) is 3.57 Å². The monoisotopic (exact) mass is 369 g/mol. The molecule has 0 saturated heterocycles. The van der Waals surface area contributed by atoms with Crippen molar-refractivity contribution in [3.8, 4) is 0 Å². The molecule has 0 aliphatic heterocycles. The number of benzene rings is 1. The maximum absolute atomic E-state index is 4.39. The first-order valence-corrected chi connectivity index (χ1v) is 7.85. The molecule has 0 bridgehead atoms. The number of nitrogens with zero attached hydrogens (tertiary/aromatic N) is 2. The van der Waals surface area contributed by atoms with Crippen LogP contribution in [0.25, 0.3) is 0 Å². The Hall–Kier alpha value is -0.880. The van der Waals surface area contributed by atoms with Gasteiger partial charge in [-0.1, -0.05) is 25.1 Å². The Bertz CT molecular complexity index is 522. The van der Waals surface area contributed by atoms with E-state index in [-0.39, 0.29) is 6.04 Å². The number of halogens is 1. The van der Waals surface area contributed by atoms with Gasteiger partial charge in [-0.15, -0.1) is 0 Å². The highest BCUT2D eigenvalue weighted by Gasteiger charge is 2.19. The van der Waals surface area contributed by atoms with Gasteiger partial charge >= 0.3 is 0 Å². The summed E-state index contributed by atoms with van der Waals surface area (Å²) < 4.78 is 3.36. The Morgan fingerprint density at radius 1 is 1.26 bits per heavy atom. The molecular weight excluding hydrogens is 349 g/mol. The first-order chi connectivity index (χ1) is 9.27. The predicted molar refractivity (Wildman–Crippen MR) is 87.2 cm³/mol. The molecule has 1 atom stereocenters. The maximum Gasteiger partial charge on any atom is 0.0758 e. The van der Waals surface area contributed by atoms with Crippen molar-refractivity contribution in [1.82, 2.24) is 15.1 Å². The molecule has 1 heterocycles.